The molecule has 1 N–H and O–H groups in total. The summed E-state index contributed by atoms with van der Waals surface area (Å²) in [6, 6.07) is 31.4. The number of hydrazone groups is 2. The van der Waals surface area contributed by atoms with E-state index >= 15 is 0 Å². The van der Waals surface area contributed by atoms with Crippen LogP contribution in [0.15, 0.2) is 107 Å². The highest BCUT2D eigenvalue weighted by Gasteiger charge is 2.30. The zero-order chi connectivity index (χ0) is 27.2. The molecule has 39 heavy (non-hydrogen) atoms. The monoisotopic (exact) mass is 518 g/mol. The summed E-state index contributed by atoms with van der Waals surface area (Å²) in [5.41, 5.74) is 9.28. The highest BCUT2D eigenvalue weighted by atomic mass is 16.5. The molecule has 0 fully saturated rings. The lowest BCUT2D eigenvalue weighted by Gasteiger charge is -2.24. The van der Waals surface area contributed by atoms with Gasteiger partial charge in [0.2, 0.25) is 0 Å². The van der Waals surface area contributed by atoms with Crippen molar-refractivity contribution < 1.29 is 14.3 Å². The highest BCUT2D eigenvalue weighted by molar-refractivity contribution is 6.03. The van der Waals surface area contributed by atoms with E-state index in [1.165, 1.54) is 0 Å². The SMILES string of the molecule is COc1ccc(C2=NN(c3ccc(C=NNC(=O)c4ccc(C)cc4)cc3)C(c3ccc(OC)cc3)C2)cc1. The maximum absolute atomic E-state index is 12.3. The van der Waals surface area contributed by atoms with E-state index in [0.29, 0.717) is 5.56 Å². The van der Waals surface area contributed by atoms with Crippen LogP contribution < -0.4 is 19.9 Å². The molecule has 5 rings (SSSR count). The number of amides is 1. The molecule has 1 aliphatic heterocycles. The summed E-state index contributed by atoms with van der Waals surface area (Å²) < 4.78 is 10.7. The molecule has 4 aromatic carbocycles. The quantitative estimate of drug-likeness (QED) is 0.225. The number of aryl methyl sites for hydroxylation is 1. The number of anilines is 1. The second-order valence-corrected chi connectivity index (χ2v) is 9.27. The van der Waals surface area contributed by atoms with E-state index in [0.717, 1.165) is 51.6 Å². The molecule has 1 unspecified atom stereocenters. The first-order chi connectivity index (χ1) is 19.0. The van der Waals surface area contributed by atoms with Gasteiger partial charge in [-0.15, -0.1) is 0 Å². The minimum absolute atomic E-state index is 0.0290. The van der Waals surface area contributed by atoms with Crippen LogP contribution >= 0.6 is 0 Å². The molecule has 0 aliphatic carbocycles. The second-order valence-electron chi connectivity index (χ2n) is 9.27. The molecule has 7 heteroatoms. The normalized spacial score (nSPS) is 14.8. The molecule has 196 valence electrons. The van der Waals surface area contributed by atoms with Crippen LogP contribution in [0.25, 0.3) is 0 Å². The van der Waals surface area contributed by atoms with Gasteiger partial charge in [-0.3, -0.25) is 9.80 Å². The van der Waals surface area contributed by atoms with Crippen molar-refractivity contribution in [2.45, 2.75) is 19.4 Å². The molecule has 4 aromatic rings. The van der Waals surface area contributed by atoms with E-state index in [-0.39, 0.29) is 11.9 Å². The Morgan fingerprint density at radius 2 is 1.49 bits per heavy atom. The molecule has 0 saturated carbocycles. The van der Waals surface area contributed by atoms with E-state index in [1.54, 1.807) is 32.6 Å². The van der Waals surface area contributed by atoms with Crippen molar-refractivity contribution in [1.29, 1.82) is 0 Å². The predicted octanol–water partition coefficient (Wildman–Crippen LogP) is 6.13. The van der Waals surface area contributed by atoms with Gasteiger partial charge in [0, 0.05) is 12.0 Å². The first kappa shape index (κ1) is 25.7. The average Bonchev–Trinajstić information content (AvgIpc) is 3.43. The van der Waals surface area contributed by atoms with E-state index < -0.39 is 0 Å². The predicted molar refractivity (Wildman–Crippen MR) is 155 cm³/mol. The van der Waals surface area contributed by atoms with Gasteiger partial charge in [0.15, 0.2) is 0 Å². The molecule has 0 saturated heterocycles. The topological polar surface area (TPSA) is 75.5 Å². The summed E-state index contributed by atoms with van der Waals surface area (Å²) in [5.74, 6) is 1.38. The van der Waals surface area contributed by atoms with E-state index in [4.69, 9.17) is 14.6 Å². The minimum atomic E-state index is -0.248. The van der Waals surface area contributed by atoms with E-state index in [1.807, 2.05) is 79.7 Å². The van der Waals surface area contributed by atoms with Crippen molar-refractivity contribution >= 4 is 23.5 Å². The Hall–Kier alpha value is -4.91. The van der Waals surface area contributed by atoms with Gasteiger partial charge in [-0.2, -0.15) is 10.2 Å². The Bertz CT molecular complexity index is 1480. The first-order valence-electron chi connectivity index (χ1n) is 12.7. The summed E-state index contributed by atoms with van der Waals surface area (Å²) in [5, 5.41) is 11.2. The minimum Gasteiger partial charge on any atom is -0.497 e. The van der Waals surface area contributed by atoms with Crippen molar-refractivity contribution in [3.05, 3.63) is 125 Å². The summed E-state index contributed by atoms with van der Waals surface area (Å²) >= 11 is 0. The van der Waals surface area contributed by atoms with Gasteiger partial charge < -0.3 is 9.47 Å². The third-order valence-corrected chi connectivity index (χ3v) is 6.69. The lowest BCUT2D eigenvalue weighted by atomic mass is 9.98. The fourth-order valence-electron chi connectivity index (χ4n) is 4.44. The maximum Gasteiger partial charge on any atom is 0.271 e. The van der Waals surface area contributed by atoms with Gasteiger partial charge in [0.05, 0.1) is 37.9 Å². The van der Waals surface area contributed by atoms with Crippen LogP contribution in [0.2, 0.25) is 0 Å². The van der Waals surface area contributed by atoms with Gasteiger partial charge in [-0.1, -0.05) is 42.0 Å². The fourth-order valence-corrected chi connectivity index (χ4v) is 4.44. The van der Waals surface area contributed by atoms with Crippen molar-refractivity contribution in [1.82, 2.24) is 5.43 Å². The number of carbonyl (C=O) groups is 1. The van der Waals surface area contributed by atoms with Crippen LogP contribution in [0.4, 0.5) is 5.69 Å². The molecule has 7 nitrogen and oxygen atoms in total. The second kappa shape index (κ2) is 11.6. The third kappa shape index (κ3) is 5.99. The van der Waals surface area contributed by atoms with Crippen molar-refractivity contribution in [3.63, 3.8) is 0 Å². The molecule has 0 spiro atoms. The van der Waals surface area contributed by atoms with Crippen LogP contribution in [0.1, 0.15) is 45.1 Å². The van der Waals surface area contributed by atoms with Gasteiger partial charge in [-0.25, -0.2) is 5.43 Å². The number of carbonyl (C=O) groups excluding carboxylic acids is 1. The number of hydrogen-bond acceptors (Lipinski definition) is 6. The standard InChI is InChI=1S/C32H30N4O3/c1-22-4-8-26(9-5-22)32(37)34-33-21-23-6-14-27(15-7-23)36-31(25-12-18-29(39-3)19-13-25)20-30(35-36)24-10-16-28(38-2)17-11-24/h4-19,21,31H,20H2,1-3H3,(H,34,37). The number of rotatable bonds is 8. The van der Waals surface area contributed by atoms with Crippen molar-refractivity contribution in [2.75, 3.05) is 19.2 Å². The lowest BCUT2D eigenvalue weighted by molar-refractivity contribution is 0.0955. The Balaban J connectivity index is 1.35. The highest BCUT2D eigenvalue weighted by Crippen LogP contribution is 2.37. The van der Waals surface area contributed by atoms with E-state index in [2.05, 4.69) is 27.7 Å². The Labute approximate surface area is 228 Å². The first-order valence-corrected chi connectivity index (χ1v) is 12.7. The molecule has 1 amide bonds. The molecule has 1 aliphatic rings. The average molecular weight is 519 g/mol. The Morgan fingerprint density at radius 1 is 0.872 bits per heavy atom. The van der Waals surface area contributed by atoms with Crippen LogP contribution in [-0.4, -0.2) is 32.1 Å². The summed E-state index contributed by atoms with van der Waals surface area (Å²) in [6.45, 7) is 1.98. The van der Waals surface area contributed by atoms with Crippen LogP contribution in [-0.2, 0) is 0 Å². The van der Waals surface area contributed by atoms with Crippen LogP contribution in [0.5, 0.6) is 11.5 Å². The van der Waals surface area contributed by atoms with Crippen molar-refractivity contribution in [3.8, 4) is 11.5 Å². The fraction of sp³-hybridized carbons (Fsp3) is 0.156. The number of nitrogens with one attached hydrogen (secondary N) is 1. The maximum atomic E-state index is 12.3. The molecule has 0 aromatic heterocycles. The van der Waals surface area contributed by atoms with Crippen LogP contribution in [0.3, 0.4) is 0 Å². The molecular formula is C32H30N4O3. The van der Waals surface area contributed by atoms with Gasteiger partial charge in [0.1, 0.15) is 11.5 Å². The van der Waals surface area contributed by atoms with E-state index in [9.17, 15) is 4.79 Å². The zero-order valence-corrected chi connectivity index (χ0v) is 22.2. The summed E-state index contributed by atoms with van der Waals surface area (Å²) in [4.78, 5) is 12.3. The number of ether oxygens (including phenoxy) is 2. The van der Waals surface area contributed by atoms with Crippen LogP contribution in [0, 0.1) is 6.92 Å². The molecule has 0 radical (unpaired) electrons. The van der Waals surface area contributed by atoms with Gasteiger partial charge >= 0.3 is 0 Å². The molecule has 0 bridgehead atoms. The summed E-state index contributed by atoms with van der Waals surface area (Å²) in [6.07, 6.45) is 2.39. The largest absolute Gasteiger partial charge is 0.497 e. The number of methoxy groups -OCH3 is 2. The zero-order valence-electron chi connectivity index (χ0n) is 22.2. The summed E-state index contributed by atoms with van der Waals surface area (Å²) in [7, 11) is 3.33. The lowest BCUT2D eigenvalue weighted by Crippen LogP contribution is -2.18. The van der Waals surface area contributed by atoms with Gasteiger partial charge in [0.25, 0.3) is 5.91 Å². The number of benzene rings is 4. The smallest absolute Gasteiger partial charge is 0.271 e. The molecular weight excluding hydrogens is 488 g/mol. The Kier molecular flexibility index (Phi) is 7.68. The molecule has 1 heterocycles. The number of nitrogens with zero attached hydrogens (tertiary/aromatic N) is 3. The Morgan fingerprint density at radius 3 is 2.10 bits per heavy atom. The van der Waals surface area contributed by atoms with Gasteiger partial charge in [-0.05, 0) is 84.3 Å². The van der Waals surface area contributed by atoms with Crippen molar-refractivity contribution in [2.24, 2.45) is 10.2 Å². The molecule has 1 atom stereocenters. The third-order valence-electron chi connectivity index (χ3n) is 6.69. The number of hydrogen-bond donors (Lipinski definition) is 1.